The van der Waals surface area contributed by atoms with Crippen LogP contribution in [0.3, 0.4) is 0 Å². The van der Waals surface area contributed by atoms with Crippen LogP contribution in [0.15, 0.2) is 0 Å². The summed E-state index contributed by atoms with van der Waals surface area (Å²) in [6, 6.07) is 1.59. The molecule has 2 saturated carbocycles. The second-order valence-corrected chi connectivity index (χ2v) is 6.78. The van der Waals surface area contributed by atoms with E-state index in [0.717, 1.165) is 30.5 Å². The molecule has 0 amide bonds. The minimum Gasteiger partial charge on any atom is -0.330 e. The van der Waals surface area contributed by atoms with E-state index in [-0.39, 0.29) is 0 Å². The van der Waals surface area contributed by atoms with Crippen molar-refractivity contribution < 1.29 is 0 Å². The topological polar surface area (TPSA) is 29.3 Å². The summed E-state index contributed by atoms with van der Waals surface area (Å²) in [5.74, 6) is 1.70. The van der Waals surface area contributed by atoms with Gasteiger partial charge in [0.1, 0.15) is 0 Å². The van der Waals surface area contributed by atoms with E-state index in [9.17, 15) is 0 Å². The van der Waals surface area contributed by atoms with Crippen molar-refractivity contribution in [3.8, 4) is 0 Å². The molecule has 4 unspecified atom stereocenters. The molecule has 2 heteroatoms. The third-order valence-corrected chi connectivity index (χ3v) is 5.50. The van der Waals surface area contributed by atoms with E-state index in [4.69, 9.17) is 5.73 Å². The molecule has 0 aromatic heterocycles. The molecular weight excluding hydrogens is 220 g/mol. The molecule has 0 saturated heterocycles. The van der Waals surface area contributed by atoms with Crippen molar-refractivity contribution in [2.45, 2.75) is 76.8 Å². The molecule has 0 radical (unpaired) electrons. The van der Waals surface area contributed by atoms with Gasteiger partial charge in [0, 0.05) is 12.1 Å². The first kappa shape index (κ1) is 14.3. The van der Waals surface area contributed by atoms with Gasteiger partial charge in [-0.2, -0.15) is 0 Å². The van der Waals surface area contributed by atoms with Crippen LogP contribution in [0.4, 0.5) is 0 Å². The fourth-order valence-electron chi connectivity index (χ4n) is 4.14. The highest BCUT2D eigenvalue weighted by Gasteiger charge is 2.31. The van der Waals surface area contributed by atoms with Gasteiger partial charge in [-0.15, -0.1) is 0 Å². The number of rotatable bonds is 3. The summed E-state index contributed by atoms with van der Waals surface area (Å²) in [6.45, 7) is 3.31. The molecule has 2 N–H and O–H groups in total. The van der Waals surface area contributed by atoms with Crippen LogP contribution in [0.1, 0.15) is 64.7 Å². The fraction of sp³-hybridized carbons (Fsp3) is 1.00. The van der Waals surface area contributed by atoms with Crippen molar-refractivity contribution >= 4 is 0 Å². The van der Waals surface area contributed by atoms with E-state index in [1.807, 2.05) is 0 Å². The van der Waals surface area contributed by atoms with Gasteiger partial charge in [0.05, 0.1) is 0 Å². The van der Waals surface area contributed by atoms with Gasteiger partial charge in [0.15, 0.2) is 0 Å². The highest BCUT2D eigenvalue weighted by atomic mass is 15.2. The van der Waals surface area contributed by atoms with Gasteiger partial charge < -0.3 is 10.6 Å². The normalized spacial score (nSPS) is 38.7. The Morgan fingerprint density at radius 3 is 2.50 bits per heavy atom. The molecule has 18 heavy (non-hydrogen) atoms. The quantitative estimate of drug-likeness (QED) is 0.780. The molecule has 2 nitrogen and oxygen atoms in total. The Kier molecular flexibility index (Phi) is 5.50. The number of nitrogens with zero attached hydrogens (tertiary/aromatic N) is 1. The van der Waals surface area contributed by atoms with Crippen LogP contribution in [0.25, 0.3) is 0 Å². The van der Waals surface area contributed by atoms with Crippen LogP contribution in [0.5, 0.6) is 0 Å². The zero-order valence-electron chi connectivity index (χ0n) is 12.4. The standard InChI is InChI=1S/C16H32N2/c1-13-6-5-8-15(11-10-13)18(2)16-9-4-3-7-14(16)12-17/h13-16H,3-12,17H2,1-2H3. The molecule has 4 atom stereocenters. The molecule has 0 aromatic rings. The molecular formula is C16H32N2. The predicted molar refractivity (Wildman–Crippen MR) is 78.6 cm³/mol. The molecule has 0 bridgehead atoms. The second-order valence-electron chi connectivity index (χ2n) is 6.78. The van der Waals surface area contributed by atoms with Gasteiger partial charge in [-0.05, 0) is 57.5 Å². The second kappa shape index (κ2) is 6.91. The van der Waals surface area contributed by atoms with Crippen molar-refractivity contribution in [3.63, 3.8) is 0 Å². The molecule has 0 spiro atoms. The minimum absolute atomic E-state index is 0.754. The van der Waals surface area contributed by atoms with Gasteiger partial charge in [0.2, 0.25) is 0 Å². The van der Waals surface area contributed by atoms with Gasteiger partial charge in [0.25, 0.3) is 0 Å². The van der Waals surface area contributed by atoms with Crippen LogP contribution in [0, 0.1) is 11.8 Å². The molecule has 2 aliphatic carbocycles. The molecule has 106 valence electrons. The molecule has 0 heterocycles. The first-order chi connectivity index (χ1) is 8.72. The van der Waals surface area contributed by atoms with Crippen LogP contribution in [-0.2, 0) is 0 Å². The summed E-state index contributed by atoms with van der Waals surface area (Å²) >= 11 is 0. The smallest absolute Gasteiger partial charge is 0.0135 e. The van der Waals surface area contributed by atoms with E-state index >= 15 is 0 Å². The molecule has 0 aromatic carbocycles. The van der Waals surface area contributed by atoms with Crippen LogP contribution in [0.2, 0.25) is 0 Å². The Balaban J connectivity index is 1.93. The monoisotopic (exact) mass is 252 g/mol. The van der Waals surface area contributed by atoms with Crippen LogP contribution < -0.4 is 5.73 Å². The summed E-state index contributed by atoms with van der Waals surface area (Å²) in [5.41, 5.74) is 5.99. The largest absolute Gasteiger partial charge is 0.330 e. The zero-order chi connectivity index (χ0) is 13.0. The number of nitrogens with two attached hydrogens (primary N) is 1. The minimum atomic E-state index is 0.754. The molecule has 2 fully saturated rings. The Hall–Kier alpha value is -0.0800. The summed E-state index contributed by atoms with van der Waals surface area (Å²) in [4.78, 5) is 2.72. The highest BCUT2D eigenvalue weighted by molar-refractivity contribution is 4.87. The molecule has 2 rings (SSSR count). The van der Waals surface area contributed by atoms with Gasteiger partial charge >= 0.3 is 0 Å². The first-order valence-electron chi connectivity index (χ1n) is 8.14. The highest BCUT2D eigenvalue weighted by Crippen LogP contribution is 2.32. The number of hydrogen-bond acceptors (Lipinski definition) is 2. The van der Waals surface area contributed by atoms with Crippen molar-refractivity contribution in [1.82, 2.24) is 4.90 Å². The third kappa shape index (κ3) is 3.48. The maximum atomic E-state index is 5.99. The average molecular weight is 252 g/mol. The van der Waals surface area contributed by atoms with Crippen molar-refractivity contribution in [3.05, 3.63) is 0 Å². The molecule has 2 aliphatic rings. The average Bonchev–Trinajstić information content (AvgIpc) is 2.62. The zero-order valence-corrected chi connectivity index (χ0v) is 12.4. The van der Waals surface area contributed by atoms with Crippen molar-refractivity contribution in [1.29, 1.82) is 0 Å². The van der Waals surface area contributed by atoms with Crippen LogP contribution >= 0.6 is 0 Å². The summed E-state index contributed by atoms with van der Waals surface area (Å²) in [6.07, 6.45) is 12.7. The SMILES string of the molecule is CC1CCCC(N(C)C2CCCCC2CN)CC1. The lowest BCUT2D eigenvalue weighted by atomic mass is 9.82. The lowest BCUT2D eigenvalue weighted by molar-refractivity contribution is 0.0840. The van der Waals surface area contributed by atoms with Crippen LogP contribution in [-0.4, -0.2) is 30.6 Å². The molecule has 0 aliphatic heterocycles. The Morgan fingerprint density at radius 2 is 1.72 bits per heavy atom. The van der Waals surface area contributed by atoms with E-state index < -0.39 is 0 Å². The van der Waals surface area contributed by atoms with E-state index in [1.165, 1.54) is 57.8 Å². The summed E-state index contributed by atoms with van der Waals surface area (Å²) in [5, 5.41) is 0. The Bertz CT molecular complexity index is 241. The van der Waals surface area contributed by atoms with Gasteiger partial charge in [-0.3, -0.25) is 0 Å². The van der Waals surface area contributed by atoms with Crippen molar-refractivity contribution in [2.75, 3.05) is 13.6 Å². The maximum absolute atomic E-state index is 5.99. The first-order valence-corrected chi connectivity index (χ1v) is 8.14. The predicted octanol–water partition coefficient (Wildman–Crippen LogP) is 3.40. The Labute approximate surface area is 113 Å². The lowest BCUT2D eigenvalue weighted by Gasteiger charge is -2.41. The Morgan fingerprint density at radius 1 is 0.944 bits per heavy atom. The van der Waals surface area contributed by atoms with E-state index in [1.54, 1.807) is 0 Å². The maximum Gasteiger partial charge on any atom is 0.0135 e. The van der Waals surface area contributed by atoms with Crippen molar-refractivity contribution in [2.24, 2.45) is 17.6 Å². The lowest BCUT2D eigenvalue weighted by Crippen LogP contribution is -2.47. The van der Waals surface area contributed by atoms with Gasteiger partial charge in [-0.1, -0.05) is 32.6 Å². The van der Waals surface area contributed by atoms with Gasteiger partial charge in [-0.25, -0.2) is 0 Å². The summed E-state index contributed by atoms with van der Waals surface area (Å²) in [7, 11) is 2.37. The fourth-order valence-corrected chi connectivity index (χ4v) is 4.14. The third-order valence-electron chi connectivity index (χ3n) is 5.50. The van der Waals surface area contributed by atoms with E-state index in [2.05, 4.69) is 18.9 Å². The number of hydrogen-bond donors (Lipinski definition) is 1. The summed E-state index contributed by atoms with van der Waals surface area (Å²) < 4.78 is 0. The van der Waals surface area contributed by atoms with E-state index in [0.29, 0.717) is 0 Å².